The minimum atomic E-state index is -0.352. The van der Waals surface area contributed by atoms with Crippen molar-refractivity contribution >= 4 is 17.3 Å². The average Bonchev–Trinajstić information content (AvgIpc) is 2.83. The largest absolute Gasteiger partial charge is 0.396 e. The van der Waals surface area contributed by atoms with Crippen molar-refractivity contribution in [3.05, 3.63) is 29.8 Å². The minimum Gasteiger partial charge on any atom is -0.396 e. The molecule has 0 amide bonds. The highest BCUT2D eigenvalue weighted by molar-refractivity contribution is 6.43. The van der Waals surface area contributed by atoms with Crippen LogP contribution in [0.2, 0.25) is 0 Å². The summed E-state index contributed by atoms with van der Waals surface area (Å²) in [6, 6.07) is 8.22. The maximum Gasteiger partial charge on any atom is 0.205 e. The molecule has 0 saturated heterocycles. The molecule has 2 bridgehead atoms. The Hall–Kier alpha value is -1.68. The highest BCUT2D eigenvalue weighted by Crippen LogP contribution is 2.61. The summed E-state index contributed by atoms with van der Waals surface area (Å²) in [4.78, 5) is 25.1. The van der Waals surface area contributed by atoms with Crippen molar-refractivity contribution < 1.29 is 14.7 Å². The van der Waals surface area contributed by atoms with E-state index in [2.05, 4.69) is 17.0 Å². The Morgan fingerprint density at radius 1 is 1.12 bits per heavy atom. The molecule has 0 spiro atoms. The lowest BCUT2D eigenvalue weighted by Gasteiger charge is -2.31. The number of aliphatic hydroxyl groups is 1. The fourth-order valence-corrected chi connectivity index (χ4v) is 3.89. The molecule has 1 aromatic carbocycles. The molecule has 2 saturated carbocycles. The third-order valence-corrected chi connectivity index (χ3v) is 6.12. The molecule has 4 nitrogen and oxygen atoms in total. The van der Waals surface area contributed by atoms with E-state index in [1.165, 1.54) is 11.3 Å². The van der Waals surface area contributed by atoms with Gasteiger partial charge in [0.25, 0.3) is 0 Å². The summed E-state index contributed by atoms with van der Waals surface area (Å²) in [6.45, 7) is 6.27. The Morgan fingerprint density at radius 2 is 1.71 bits per heavy atom. The molecule has 2 fully saturated rings. The molecule has 2 aliphatic rings. The molecule has 4 heteroatoms. The average molecular weight is 331 g/mol. The first-order chi connectivity index (χ1) is 11.1. The van der Waals surface area contributed by atoms with Gasteiger partial charge in [-0.1, -0.05) is 32.9 Å². The number of carbonyl (C=O) groups excluding carboxylic acids is 2. The van der Waals surface area contributed by atoms with Gasteiger partial charge in [-0.3, -0.25) is 9.59 Å². The summed E-state index contributed by atoms with van der Waals surface area (Å²) in [5.41, 5.74) is 1.93. The first-order valence-corrected chi connectivity index (χ1v) is 8.61. The van der Waals surface area contributed by atoms with Crippen LogP contribution in [0.15, 0.2) is 24.3 Å². The second-order valence-electron chi connectivity index (χ2n) is 7.87. The first kappa shape index (κ1) is 18.7. The van der Waals surface area contributed by atoms with Gasteiger partial charge in [-0.2, -0.15) is 0 Å². The molecule has 132 valence electrons. The zero-order chi connectivity index (χ0) is 18.1. The molecule has 24 heavy (non-hydrogen) atoms. The topological polar surface area (TPSA) is 57.6 Å². The predicted molar refractivity (Wildman–Crippen MR) is 96.2 cm³/mol. The molecular formula is C20H29NO3. The standard InChI is InChI=1S/C10H15NO.C10H14O2/c1-11(2)10-5-3-9(4-6-10)7-8-12;1-9(2)6-4-5-10(9,3)8(12)7(6)11/h3-6,12H,7-8H2,1-2H3;6H,4-5H2,1-3H3. The number of aliphatic hydroxyl groups excluding tert-OH is 1. The number of Topliss-reactive ketones (excluding diaryl/α,β-unsaturated/α-hetero) is 2. The summed E-state index contributed by atoms with van der Waals surface area (Å²) in [5.74, 6) is -0.229. The van der Waals surface area contributed by atoms with Crippen molar-refractivity contribution in [1.82, 2.24) is 0 Å². The Bertz CT molecular complexity index is 618. The molecule has 2 atom stereocenters. The van der Waals surface area contributed by atoms with E-state index in [9.17, 15) is 9.59 Å². The number of hydrogen-bond acceptors (Lipinski definition) is 4. The number of benzene rings is 1. The van der Waals surface area contributed by atoms with Crippen molar-refractivity contribution in [1.29, 1.82) is 0 Å². The number of fused-ring (bicyclic) bond motifs is 2. The third kappa shape index (κ3) is 3.00. The summed E-state index contributed by atoms with van der Waals surface area (Å²) in [7, 11) is 4.03. The SMILES string of the molecule is CC12CCC(C(=O)C1=O)C2(C)C.CN(C)c1ccc(CCO)cc1. The van der Waals surface area contributed by atoms with Gasteiger partial charge >= 0.3 is 0 Å². The number of rotatable bonds is 3. The Balaban J connectivity index is 0.000000174. The lowest BCUT2D eigenvalue weighted by atomic mass is 9.70. The fraction of sp³-hybridized carbons (Fsp3) is 0.600. The summed E-state index contributed by atoms with van der Waals surface area (Å²) in [5, 5.41) is 8.69. The zero-order valence-electron chi connectivity index (χ0n) is 15.4. The van der Waals surface area contributed by atoms with Crippen LogP contribution in [-0.2, 0) is 16.0 Å². The Labute approximate surface area is 144 Å². The number of anilines is 1. The maximum absolute atomic E-state index is 11.6. The monoisotopic (exact) mass is 331 g/mol. The summed E-state index contributed by atoms with van der Waals surface area (Å²) < 4.78 is 0. The van der Waals surface area contributed by atoms with Gasteiger partial charge in [0, 0.05) is 37.7 Å². The van der Waals surface area contributed by atoms with Gasteiger partial charge in [-0.25, -0.2) is 0 Å². The van der Waals surface area contributed by atoms with E-state index in [1.807, 2.05) is 47.0 Å². The predicted octanol–water partition coefficient (Wildman–Crippen LogP) is 2.87. The molecule has 1 aromatic rings. The van der Waals surface area contributed by atoms with Crippen LogP contribution in [0.1, 0.15) is 39.2 Å². The number of ketones is 2. The van der Waals surface area contributed by atoms with E-state index >= 15 is 0 Å². The molecule has 0 aliphatic heterocycles. The second kappa shape index (κ2) is 6.67. The lowest BCUT2D eigenvalue weighted by Crippen LogP contribution is -2.33. The first-order valence-electron chi connectivity index (χ1n) is 8.61. The van der Waals surface area contributed by atoms with Crippen molar-refractivity contribution in [3.63, 3.8) is 0 Å². The van der Waals surface area contributed by atoms with Crippen LogP contribution >= 0.6 is 0 Å². The Morgan fingerprint density at radius 3 is 2.04 bits per heavy atom. The molecule has 0 aromatic heterocycles. The molecule has 0 heterocycles. The van der Waals surface area contributed by atoms with Gasteiger partial charge in [-0.05, 0) is 42.4 Å². The second-order valence-corrected chi connectivity index (χ2v) is 7.87. The van der Waals surface area contributed by atoms with E-state index in [4.69, 9.17) is 5.11 Å². The zero-order valence-corrected chi connectivity index (χ0v) is 15.4. The van der Waals surface area contributed by atoms with E-state index in [-0.39, 0.29) is 34.9 Å². The summed E-state index contributed by atoms with van der Waals surface area (Å²) in [6.07, 6.45) is 2.55. The molecule has 2 aliphatic carbocycles. The van der Waals surface area contributed by atoms with Crippen LogP contribution in [0.3, 0.4) is 0 Å². The Kier molecular flexibility index (Phi) is 5.19. The van der Waals surface area contributed by atoms with E-state index in [0.29, 0.717) is 0 Å². The van der Waals surface area contributed by atoms with Crippen LogP contribution in [0.25, 0.3) is 0 Å². The normalized spacial score (nSPS) is 27.0. The number of carbonyl (C=O) groups is 2. The van der Waals surface area contributed by atoms with E-state index in [0.717, 1.165) is 19.3 Å². The molecule has 0 radical (unpaired) electrons. The van der Waals surface area contributed by atoms with Gasteiger partial charge < -0.3 is 10.0 Å². The smallest absolute Gasteiger partial charge is 0.205 e. The highest BCUT2D eigenvalue weighted by Gasteiger charge is 2.66. The number of hydrogen-bond donors (Lipinski definition) is 1. The van der Waals surface area contributed by atoms with Gasteiger partial charge in [0.2, 0.25) is 11.6 Å². The van der Waals surface area contributed by atoms with Crippen molar-refractivity contribution in [2.24, 2.45) is 16.7 Å². The number of nitrogens with zero attached hydrogens (tertiary/aromatic N) is 1. The molecule has 2 unspecified atom stereocenters. The van der Waals surface area contributed by atoms with Crippen LogP contribution < -0.4 is 4.90 Å². The van der Waals surface area contributed by atoms with Crippen molar-refractivity contribution in [2.75, 3.05) is 25.6 Å². The van der Waals surface area contributed by atoms with Gasteiger partial charge in [0.05, 0.1) is 0 Å². The van der Waals surface area contributed by atoms with Gasteiger partial charge in [0.1, 0.15) is 0 Å². The minimum absolute atomic E-state index is 0.00926. The van der Waals surface area contributed by atoms with Crippen molar-refractivity contribution in [2.45, 2.75) is 40.0 Å². The fourth-order valence-electron chi connectivity index (χ4n) is 3.89. The van der Waals surface area contributed by atoms with Crippen LogP contribution in [-0.4, -0.2) is 37.4 Å². The quantitative estimate of drug-likeness (QED) is 0.865. The van der Waals surface area contributed by atoms with E-state index in [1.54, 1.807) is 0 Å². The molecule has 1 N–H and O–H groups in total. The van der Waals surface area contributed by atoms with Crippen LogP contribution in [0.5, 0.6) is 0 Å². The van der Waals surface area contributed by atoms with Crippen LogP contribution in [0.4, 0.5) is 5.69 Å². The van der Waals surface area contributed by atoms with E-state index < -0.39 is 0 Å². The third-order valence-electron chi connectivity index (χ3n) is 6.12. The van der Waals surface area contributed by atoms with Crippen LogP contribution in [0, 0.1) is 16.7 Å². The van der Waals surface area contributed by atoms with Crippen molar-refractivity contribution in [3.8, 4) is 0 Å². The lowest BCUT2D eigenvalue weighted by molar-refractivity contribution is -0.141. The maximum atomic E-state index is 11.6. The molecule has 3 rings (SSSR count). The van der Waals surface area contributed by atoms with Gasteiger partial charge in [0.15, 0.2) is 0 Å². The highest BCUT2D eigenvalue weighted by atomic mass is 16.3. The summed E-state index contributed by atoms with van der Waals surface area (Å²) >= 11 is 0. The van der Waals surface area contributed by atoms with Gasteiger partial charge in [-0.15, -0.1) is 0 Å². The molecular weight excluding hydrogens is 302 g/mol.